The Labute approximate surface area is 184 Å². The molecule has 0 saturated heterocycles. The van der Waals surface area contributed by atoms with Gasteiger partial charge in [-0.3, -0.25) is 0 Å². The Morgan fingerprint density at radius 1 is 1.23 bits per heavy atom. The van der Waals surface area contributed by atoms with Crippen molar-refractivity contribution in [2.75, 3.05) is 5.75 Å². The average molecular weight is 479 g/mol. The number of aromatic nitrogens is 3. The van der Waals surface area contributed by atoms with Gasteiger partial charge in [-0.1, -0.05) is 41.9 Å². The molecule has 0 aliphatic carbocycles. The summed E-state index contributed by atoms with van der Waals surface area (Å²) in [7, 11) is 0. The van der Waals surface area contributed by atoms with Crippen molar-refractivity contribution >= 4 is 41.2 Å². The van der Waals surface area contributed by atoms with Crippen LogP contribution in [0.3, 0.4) is 0 Å². The quantitative estimate of drug-likeness (QED) is 0.286. The third kappa shape index (κ3) is 5.71. The lowest BCUT2D eigenvalue weighted by molar-refractivity contribution is -0.147. The van der Waals surface area contributed by atoms with Gasteiger partial charge in [0.2, 0.25) is 5.16 Å². The van der Waals surface area contributed by atoms with E-state index in [0.29, 0.717) is 32.0 Å². The molecule has 0 saturated carbocycles. The SMILES string of the molecule is CCCSc1nnc(C(F)(F)F)n1/N=C/c1ccc(COc2cc(Cl)ccc2Cl)o1. The van der Waals surface area contributed by atoms with E-state index < -0.39 is 12.0 Å². The summed E-state index contributed by atoms with van der Waals surface area (Å²) in [6.45, 7) is 1.95. The van der Waals surface area contributed by atoms with Crippen LogP contribution in [0.25, 0.3) is 0 Å². The van der Waals surface area contributed by atoms with Crippen molar-refractivity contribution in [3.63, 3.8) is 0 Å². The van der Waals surface area contributed by atoms with Crippen LogP contribution in [0.4, 0.5) is 13.2 Å². The van der Waals surface area contributed by atoms with Crippen LogP contribution in [0.15, 0.2) is 45.0 Å². The van der Waals surface area contributed by atoms with Gasteiger partial charge in [0.1, 0.15) is 23.9 Å². The molecule has 0 amide bonds. The molecule has 0 atom stereocenters. The first-order valence-electron chi connectivity index (χ1n) is 8.64. The molecule has 2 aromatic heterocycles. The van der Waals surface area contributed by atoms with E-state index in [2.05, 4.69) is 15.3 Å². The molecule has 6 nitrogen and oxygen atoms in total. The van der Waals surface area contributed by atoms with Crippen LogP contribution >= 0.6 is 35.0 Å². The van der Waals surface area contributed by atoms with Gasteiger partial charge < -0.3 is 9.15 Å². The molecule has 160 valence electrons. The maximum absolute atomic E-state index is 13.2. The molecule has 3 aromatic rings. The predicted molar refractivity (Wildman–Crippen MR) is 109 cm³/mol. The molecule has 0 spiro atoms. The van der Waals surface area contributed by atoms with E-state index in [1.54, 1.807) is 30.3 Å². The summed E-state index contributed by atoms with van der Waals surface area (Å²) in [5, 5.41) is 11.6. The smallest absolute Gasteiger partial charge is 0.453 e. The van der Waals surface area contributed by atoms with Crippen molar-refractivity contribution in [3.8, 4) is 5.75 Å². The lowest BCUT2D eigenvalue weighted by Crippen LogP contribution is -2.13. The molecule has 30 heavy (non-hydrogen) atoms. The maximum Gasteiger partial charge on any atom is 0.453 e. The summed E-state index contributed by atoms with van der Waals surface area (Å²) in [5.41, 5.74) is 0. The summed E-state index contributed by atoms with van der Waals surface area (Å²) in [5.74, 6) is 0.419. The summed E-state index contributed by atoms with van der Waals surface area (Å²) < 4.78 is 51.3. The van der Waals surface area contributed by atoms with Crippen LogP contribution < -0.4 is 4.74 Å². The van der Waals surface area contributed by atoms with Gasteiger partial charge in [-0.05, 0) is 30.7 Å². The molecule has 12 heteroatoms. The summed E-state index contributed by atoms with van der Waals surface area (Å²) in [4.78, 5) is 0. The predicted octanol–water partition coefficient (Wildman–Crippen LogP) is 6.16. The molecule has 0 aliphatic heterocycles. The van der Waals surface area contributed by atoms with Crippen molar-refractivity contribution in [3.05, 3.63) is 57.7 Å². The van der Waals surface area contributed by atoms with Crippen molar-refractivity contribution in [2.45, 2.75) is 31.3 Å². The Morgan fingerprint density at radius 2 is 2.03 bits per heavy atom. The van der Waals surface area contributed by atoms with Crippen LogP contribution in [0, 0.1) is 0 Å². The van der Waals surface area contributed by atoms with E-state index in [1.807, 2.05) is 6.92 Å². The monoisotopic (exact) mass is 478 g/mol. The zero-order valence-corrected chi connectivity index (χ0v) is 17.8. The fraction of sp³-hybridized carbons (Fsp3) is 0.278. The van der Waals surface area contributed by atoms with Crippen molar-refractivity contribution < 1.29 is 22.3 Å². The number of ether oxygens (including phenoxy) is 1. The molecule has 0 unspecified atom stereocenters. The van der Waals surface area contributed by atoms with Crippen molar-refractivity contribution in [1.82, 2.24) is 14.9 Å². The number of hydrogen-bond acceptors (Lipinski definition) is 6. The second kappa shape index (κ2) is 9.76. The van der Waals surface area contributed by atoms with Gasteiger partial charge in [-0.15, -0.1) is 10.2 Å². The van der Waals surface area contributed by atoms with E-state index in [1.165, 1.54) is 0 Å². The second-order valence-electron chi connectivity index (χ2n) is 5.88. The van der Waals surface area contributed by atoms with Gasteiger partial charge in [0.15, 0.2) is 0 Å². The first-order chi connectivity index (χ1) is 14.3. The third-order valence-electron chi connectivity index (χ3n) is 3.55. The highest BCUT2D eigenvalue weighted by atomic mass is 35.5. The number of benzene rings is 1. The van der Waals surface area contributed by atoms with Gasteiger partial charge in [-0.2, -0.15) is 22.9 Å². The zero-order chi connectivity index (χ0) is 21.7. The van der Waals surface area contributed by atoms with E-state index in [4.69, 9.17) is 32.4 Å². The molecule has 0 radical (unpaired) electrons. The highest BCUT2D eigenvalue weighted by Gasteiger charge is 2.39. The summed E-state index contributed by atoms with van der Waals surface area (Å²) >= 11 is 13.1. The molecular weight excluding hydrogens is 464 g/mol. The molecular formula is C18H15Cl2F3N4O2S. The fourth-order valence-electron chi connectivity index (χ4n) is 2.22. The molecule has 3 rings (SSSR count). The van der Waals surface area contributed by atoms with Gasteiger partial charge in [0.25, 0.3) is 5.82 Å². The normalized spacial score (nSPS) is 12.1. The van der Waals surface area contributed by atoms with Gasteiger partial charge >= 0.3 is 6.18 Å². The molecule has 1 aromatic carbocycles. The topological polar surface area (TPSA) is 65.4 Å². The summed E-state index contributed by atoms with van der Waals surface area (Å²) in [6.07, 6.45) is -2.76. The van der Waals surface area contributed by atoms with Crippen LogP contribution in [0.1, 0.15) is 30.7 Å². The molecule has 0 N–H and O–H groups in total. The summed E-state index contributed by atoms with van der Waals surface area (Å²) in [6, 6.07) is 7.97. The Hall–Kier alpha value is -2.17. The Bertz CT molecular complexity index is 1040. The standard InChI is InChI=1S/C18H15Cl2F3N4O2S/c1-2-7-30-17-26-25-16(18(21,22)23)27(17)24-9-12-4-5-13(29-12)10-28-15-8-11(19)3-6-14(15)20/h3-6,8-9H,2,7,10H2,1H3/b24-9+. The lowest BCUT2D eigenvalue weighted by atomic mass is 10.3. The van der Waals surface area contributed by atoms with E-state index in [9.17, 15) is 13.2 Å². The van der Waals surface area contributed by atoms with Crippen LogP contribution in [0.2, 0.25) is 10.0 Å². The second-order valence-corrected chi connectivity index (χ2v) is 7.78. The Kier molecular flexibility index (Phi) is 7.32. The number of halogens is 5. The van der Waals surface area contributed by atoms with E-state index in [0.717, 1.165) is 24.4 Å². The molecule has 2 heterocycles. The van der Waals surface area contributed by atoms with Crippen LogP contribution in [-0.2, 0) is 12.8 Å². The maximum atomic E-state index is 13.2. The van der Waals surface area contributed by atoms with Crippen molar-refractivity contribution in [2.24, 2.45) is 5.10 Å². The lowest BCUT2D eigenvalue weighted by Gasteiger charge is -2.06. The van der Waals surface area contributed by atoms with Crippen molar-refractivity contribution in [1.29, 1.82) is 0 Å². The highest BCUT2D eigenvalue weighted by Crippen LogP contribution is 2.31. The number of furan rings is 1. The minimum Gasteiger partial charge on any atom is -0.484 e. The Morgan fingerprint density at radius 3 is 2.77 bits per heavy atom. The largest absolute Gasteiger partial charge is 0.484 e. The third-order valence-corrected chi connectivity index (χ3v) is 5.22. The van der Waals surface area contributed by atoms with Gasteiger partial charge in [-0.25, -0.2) is 0 Å². The number of rotatable bonds is 8. The van der Waals surface area contributed by atoms with Crippen LogP contribution in [0.5, 0.6) is 5.75 Å². The van der Waals surface area contributed by atoms with Crippen LogP contribution in [-0.4, -0.2) is 26.8 Å². The zero-order valence-electron chi connectivity index (χ0n) is 15.5. The number of nitrogens with zero attached hydrogens (tertiary/aromatic N) is 4. The number of alkyl halides is 3. The fourth-order valence-corrected chi connectivity index (χ4v) is 3.30. The number of hydrogen-bond donors (Lipinski definition) is 0. The van der Waals surface area contributed by atoms with E-state index >= 15 is 0 Å². The average Bonchev–Trinajstić information content (AvgIpc) is 3.31. The molecule has 0 aliphatic rings. The van der Waals surface area contributed by atoms with Gasteiger partial charge in [0.05, 0.1) is 11.2 Å². The Balaban J connectivity index is 1.74. The minimum atomic E-state index is -4.69. The van der Waals surface area contributed by atoms with E-state index in [-0.39, 0.29) is 17.5 Å². The highest BCUT2D eigenvalue weighted by molar-refractivity contribution is 7.99. The number of thioether (sulfide) groups is 1. The first-order valence-corrected chi connectivity index (χ1v) is 10.4. The van der Waals surface area contributed by atoms with Gasteiger partial charge in [0, 0.05) is 16.8 Å². The first kappa shape index (κ1) is 22.5. The molecule has 0 fully saturated rings. The minimum absolute atomic E-state index is 0.0473. The molecule has 0 bridgehead atoms.